The normalized spacial score (nSPS) is 23.1. The van der Waals surface area contributed by atoms with E-state index in [-0.39, 0.29) is 19.4 Å². The Labute approximate surface area is 81.1 Å². The van der Waals surface area contributed by atoms with Crippen molar-refractivity contribution in [3.63, 3.8) is 0 Å². The Morgan fingerprint density at radius 2 is 2.14 bits per heavy atom. The first-order valence-electron chi connectivity index (χ1n) is 4.62. The molecule has 0 bridgehead atoms. The minimum Gasteiger partial charge on any atom is -0.469 e. The van der Waals surface area contributed by atoms with Crippen molar-refractivity contribution in [3.05, 3.63) is 23.7 Å². The van der Waals surface area contributed by atoms with Gasteiger partial charge in [-0.1, -0.05) is 0 Å². The van der Waals surface area contributed by atoms with Gasteiger partial charge in [0.1, 0.15) is 5.76 Å². The Bertz CT molecular complexity index is 338. The molecule has 0 amide bonds. The number of nitrogens with two attached hydrogens (primary N) is 1. The van der Waals surface area contributed by atoms with Crippen LogP contribution in [0.5, 0.6) is 0 Å². The van der Waals surface area contributed by atoms with Gasteiger partial charge in [-0.25, -0.2) is 8.78 Å². The van der Waals surface area contributed by atoms with Crippen LogP contribution in [0.3, 0.4) is 0 Å². The first-order chi connectivity index (χ1) is 6.49. The molecular weight excluding hydrogens is 188 g/mol. The Morgan fingerprint density at radius 1 is 1.50 bits per heavy atom. The van der Waals surface area contributed by atoms with Gasteiger partial charge in [0.15, 0.2) is 0 Å². The molecule has 2 N–H and O–H groups in total. The number of hydrogen-bond donors (Lipinski definition) is 1. The van der Waals surface area contributed by atoms with E-state index in [1.807, 2.05) is 0 Å². The standard InChI is InChI=1S/C10H13F2NO/c1-7-8(2-3-14-7)9(6-13)4-10(11,12)5-9/h2-3H,4-6,13H2,1H3. The maximum absolute atomic E-state index is 12.9. The Kier molecular flexibility index (Phi) is 1.93. The summed E-state index contributed by atoms with van der Waals surface area (Å²) in [5, 5.41) is 0. The molecule has 0 unspecified atom stereocenters. The number of rotatable bonds is 2. The number of alkyl halides is 2. The average Bonchev–Trinajstić information content (AvgIpc) is 2.46. The minimum atomic E-state index is -2.55. The first-order valence-corrected chi connectivity index (χ1v) is 4.62. The van der Waals surface area contributed by atoms with Gasteiger partial charge in [0.25, 0.3) is 0 Å². The maximum atomic E-state index is 12.9. The number of halogens is 2. The lowest BCUT2D eigenvalue weighted by Crippen LogP contribution is -2.53. The molecule has 1 fully saturated rings. The lowest BCUT2D eigenvalue weighted by Gasteiger charge is -2.46. The molecule has 0 saturated heterocycles. The second-order valence-corrected chi connectivity index (χ2v) is 4.08. The number of hydrogen-bond acceptors (Lipinski definition) is 2. The molecule has 1 aliphatic carbocycles. The molecule has 1 saturated carbocycles. The fourth-order valence-electron chi connectivity index (χ4n) is 2.32. The molecule has 1 aromatic rings. The smallest absolute Gasteiger partial charge is 0.250 e. The van der Waals surface area contributed by atoms with E-state index >= 15 is 0 Å². The van der Waals surface area contributed by atoms with E-state index in [9.17, 15) is 8.78 Å². The molecule has 2 rings (SSSR count). The monoisotopic (exact) mass is 201 g/mol. The summed E-state index contributed by atoms with van der Waals surface area (Å²) in [5.41, 5.74) is 5.86. The van der Waals surface area contributed by atoms with Gasteiger partial charge in [-0.2, -0.15) is 0 Å². The van der Waals surface area contributed by atoms with Crippen LogP contribution in [-0.2, 0) is 5.41 Å². The Morgan fingerprint density at radius 3 is 2.50 bits per heavy atom. The summed E-state index contributed by atoms with van der Waals surface area (Å²) < 4.78 is 30.8. The zero-order chi connectivity index (χ0) is 10.4. The van der Waals surface area contributed by atoms with Crippen LogP contribution in [0.4, 0.5) is 8.78 Å². The first kappa shape index (κ1) is 9.65. The van der Waals surface area contributed by atoms with Crippen LogP contribution in [0, 0.1) is 6.92 Å². The van der Waals surface area contributed by atoms with Crippen LogP contribution in [0.15, 0.2) is 16.7 Å². The highest BCUT2D eigenvalue weighted by Crippen LogP contribution is 2.53. The lowest BCUT2D eigenvalue weighted by atomic mass is 9.62. The summed E-state index contributed by atoms with van der Waals surface area (Å²) in [5.74, 6) is -1.85. The van der Waals surface area contributed by atoms with Gasteiger partial charge >= 0.3 is 0 Å². The molecule has 1 aliphatic rings. The second-order valence-electron chi connectivity index (χ2n) is 4.08. The fourth-order valence-corrected chi connectivity index (χ4v) is 2.32. The molecule has 0 atom stereocenters. The summed E-state index contributed by atoms with van der Waals surface area (Å²) in [6.07, 6.45) is 1.21. The second kappa shape index (κ2) is 2.79. The van der Waals surface area contributed by atoms with Gasteiger partial charge in [-0.15, -0.1) is 0 Å². The predicted octanol–water partition coefficient (Wildman–Crippen LogP) is 2.21. The Balaban J connectivity index is 2.29. The minimum absolute atomic E-state index is 0.156. The SMILES string of the molecule is Cc1occc1C1(CN)CC(F)(F)C1. The van der Waals surface area contributed by atoms with Crippen LogP contribution in [0.25, 0.3) is 0 Å². The molecule has 4 heteroatoms. The molecule has 78 valence electrons. The van der Waals surface area contributed by atoms with Crippen molar-refractivity contribution in [2.75, 3.05) is 6.54 Å². The van der Waals surface area contributed by atoms with Crippen molar-refractivity contribution in [2.24, 2.45) is 5.73 Å². The molecule has 0 aliphatic heterocycles. The third kappa shape index (κ3) is 1.25. The van der Waals surface area contributed by atoms with Crippen molar-refractivity contribution in [3.8, 4) is 0 Å². The number of furan rings is 1. The van der Waals surface area contributed by atoms with Gasteiger partial charge in [-0.05, 0) is 13.0 Å². The summed E-state index contributed by atoms with van der Waals surface area (Å²) in [4.78, 5) is 0. The van der Waals surface area contributed by atoms with E-state index in [1.54, 1.807) is 13.0 Å². The van der Waals surface area contributed by atoms with Crippen LogP contribution in [0.1, 0.15) is 24.2 Å². The van der Waals surface area contributed by atoms with E-state index in [0.29, 0.717) is 5.76 Å². The van der Waals surface area contributed by atoms with Gasteiger partial charge in [-0.3, -0.25) is 0 Å². The highest BCUT2D eigenvalue weighted by molar-refractivity contribution is 5.32. The lowest BCUT2D eigenvalue weighted by molar-refractivity contribution is -0.124. The average molecular weight is 201 g/mol. The van der Waals surface area contributed by atoms with E-state index in [2.05, 4.69) is 0 Å². The van der Waals surface area contributed by atoms with E-state index in [1.165, 1.54) is 6.26 Å². The van der Waals surface area contributed by atoms with E-state index in [0.717, 1.165) is 5.56 Å². The van der Waals surface area contributed by atoms with E-state index in [4.69, 9.17) is 10.2 Å². The fraction of sp³-hybridized carbons (Fsp3) is 0.600. The molecular formula is C10H13F2NO. The third-order valence-electron chi connectivity index (χ3n) is 3.01. The van der Waals surface area contributed by atoms with Crippen molar-refractivity contribution >= 4 is 0 Å². The molecule has 2 nitrogen and oxygen atoms in total. The molecule has 0 spiro atoms. The highest BCUT2D eigenvalue weighted by atomic mass is 19.3. The van der Waals surface area contributed by atoms with E-state index < -0.39 is 11.3 Å². The summed E-state index contributed by atoms with van der Waals surface area (Å²) >= 11 is 0. The van der Waals surface area contributed by atoms with Crippen LogP contribution < -0.4 is 5.73 Å². The maximum Gasteiger partial charge on any atom is 0.250 e. The van der Waals surface area contributed by atoms with Crippen molar-refractivity contribution in [1.29, 1.82) is 0 Å². The van der Waals surface area contributed by atoms with Gasteiger partial charge in [0.2, 0.25) is 5.92 Å². The third-order valence-corrected chi connectivity index (χ3v) is 3.01. The molecule has 1 aromatic heterocycles. The van der Waals surface area contributed by atoms with Crippen molar-refractivity contribution < 1.29 is 13.2 Å². The van der Waals surface area contributed by atoms with Crippen molar-refractivity contribution in [1.82, 2.24) is 0 Å². The summed E-state index contributed by atoms with van der Waals surface area (Å²) in [6, 6.07) is 1.75. The van der Waals surface area contributed by atoms with Crippen LogP contribution in [0.2, 0.25) is 0 Å². The summed E-state index contributed by atoms with van der Waals surface area (Å²) in [7, 11) is 0. The molecule has 0 radical (unpaired) electrons. The zero-order valence-corrected chi connectivity index (χ0v) is 8.02. The predicted molar refractivity (Wildman–Crippen MR) is 48.4 cm³/mol. The molecule has 1 heterocycles. The zero-order valence-electron chi connectivity index (χ0n) is 8.02. The van der Waals surface area contributed by atoms with Gasteiger partial charge in [0, 0.05) is 30.4 Å². The Hall–Kier alpha value is -0.900. The van der Waals surface area contributed by atoms with Crippen LogP contribution in [-0.4, -0.2) is 12.5 Å². The van der Waals surface area contributed by atoms with Gasteiger partial charge < -0.3 is 10.2 Å². The summed E-state index contributed by atoms with van der Waals surface area (Å²) in [6.45, 7) is 2.03. The molecule has 14 heavy (non-hydrogen) atoms. The molecule has 0 aromatic carbocycles. The van der Waals surface area contributed by atoms with Gasteiger partial charge in [0.05, 0.1) is 6.26 Å². The topological polar surface area (TPSA) is 39.2 Å². The number of aryl methyl sites for hydroxylation is 1. The highest BCUT2D eigenvalue weighted by Gasteiger charge is 2.57. The van der Waals surface area contributed by atoms with Crippen LogP contribution >= 0.6 is 0 Å². The largest absolute Gasteiger partial charge is 0.469 e. The van der Waals surface area contributed by atoms with Crippen molar-refractivity contribution in [2.45, 2.75) is 31.1 Å². The quantitative estimate of drug-likeness (QED) is 0.796.